The number of rotatable bonds is 3. The average molecular weight is 289 g/mol. The molecule has 0 unspecified atom stereocenters. The predicted octanol–water partition coefficient (Wildman–Crippen LogP) is 3.26. The molecule has 1 aromatic carbocycles. The molecule has 3 rings (SSSR count). The van der Waals surface area contributed by atoms with Crippen molar-refractivity contribution in [3.8, 4) is 0 Å². The summed E-state index contributed by atoms with van der Waals surface area (Å²) in [6.45, 7) is 2.04. The van der Waals surface area contributed by atoms with Crippen LogP contribution >= 0.6 is 0 Å². The monoisotopic (exact) mass is 289 g/mol. The van der Waals surface area contributed by atoms with Gasteiger partial charge in [-0.1, -0.05) is 24.3 Å². The van der Waals surface area contributed by atoms with Gasteiger partial charge >= 0.3 is 0 Å². The van der Waals surface area contributed by atoms with E-state index in [0.717, 1.165) is 22.2 Å². The van der Waals surface area contributed by atoms with Crippen LogP contribution in [0, 0.1) is 6.92 Å². The van der Waals surface area contributed by atoms with Crippen molar-refractivity contribution in [3.63, 3.8) is 0 Å². The van der Waals surface area contributed by atoms with Gasteiger partial charge in [-0.25, -0.2) is 9.55 Å². The largest absolute Gasteiger partial charge is 0.289 e. The zero-order valence-electron chi connectivity index (χ0n) is 12.7. The number of hydrogen-bond donors (Lipinski definition) is 0. The Bertz CT molecular complexity index is 864. The molecule has 0 atom stereocenters. The van der Waals surface area contributed by atoms with Crippen LogP contribution in [0.1, 0.15) is 21.6 Å². The van der Waals surface area contributed by atoms with Crippen LogP contribution in [-0.4, -0.2) is 10.8 Å². The minimum Gasteiger partial charge on any atom is -0.289 e. The fraction of sp³-hybridized carbons (Fsp3) is 0.105. The quantitative estimate of drug-likeness (QED) is 0.421. The molecule has 0 saturated carbocycles. The Morgan fingerprint density at radius 2 is 1.86 bits per heavy atom. The van der Waals surface area contributed by atoms with E-state index >= 15 is 0 Å². The molecule has 0 saturated heterocycles. The average Bonchev–Trinajstić information content (AvgIpc) is 2.54. The van der Waals surface area contributed by atoms with E-state index in [0.29, 0.717) is 5.56 Å². The maximum Gasteiger partial charge on any atom is 0.186 e. The first kappa shape index (κ1) is 14.1. The summed E-state index contributed by atoms with van der Waals surface area (Å²) in [6.07, 6.45) is 7.06. The van der Waals surface area contributed by atoms with Gasteiger partial charge in [-0.15, -0.1) is 0 Å². The smallest absolute Gasteiger partial charge is 0.186 e. The molecule has 0 aliphatic carbocycles. The Morgan fingerprint density at radius 1 is 1.09 bits per heavy atom. The van der Waals surface area contributed by atoms with Gasteiger partial charge in [0.2, 0.25) is 0 Å². The molecule has 0 radical (unpaired) electrons. The summed E-state index contributed by atoms with van der Waals surface area (Å²) in [5.41, 5.74) is 3.57. The number of aryl methyl sites for hydroxylation is 2. The molecule has 0 bridgehead atoms. The lowest BCUT2D eigenvalue weighted by atomic mass is 10.1. The molecule has 0 spiro atoms. The van der Waals surface area contributed by atoms with Gasteiger partial charge in [0, 0.05) is 23.1 Å². The number of benzene rings is 1. The molecule has 2 aromatic heterocycles. The number of aromatic nitrogens is 2. The molecule has 3 nitrogen and oxygen atoms in total. The second kappa shape index (κ2) is 5.90. The van der Waals surface area contributed by atoms with Crippen LogP contribution in [0.15, 0.2) is 60.9 Å². The molecule has 108 valence electrons. The van der Waals surface area contributed by atoms with E-state index in [9.17, 15) is 4.79 Å². The second-order valence-electron chi connectivity index (χ2n) is 5.33. The predicted molar refractivity (Wildman–Crippen MR) is 87.5 cm³/mol. The van der Waals surface area contributed by atoms with Gasteiger partial charge in [-0.2, -0.15) is 0 Å². The summed E-state index contributed by atoms with van der Waals surface area (Å²) in [7, 11) is 1.92. The summed E-state index contributed by atoms with van der Waals surface area (Å²) in [5, 5.41) is 1.11. The van der Waals surface area contributed by atoms with Gasteiger partial charge in [0.05, 0.1) is 11.2 Å². The maximum atomic E-state index is 12.1. The normalized spacial score (nSPS) is 11.2. The highest BCUT2D eigenvalue weighted by atomic mass is 16.1. The van der Waals surface area contributed by atoms with Gasteiger partial charge < -0.3 is 0 Å². The van der Waals surface area contributed by atoms with E-state index in [2.05, 4.69) is 4.98 Å². The van der Waals surface area contributed by atoms with E-state index < -0.39 is 0 Å². The van der Waals surface area contributed by atoms with Gasteiger partial charge in [-0.05, 0) is 30.7 Å². The highest BCUT2D eigenvalue weighted by Gasteiger charge is 2.04. The van der Waals surface area contributed by atoms with Crippen LogP contribution in [0.2, 0.25) is 0 Å². The lowest BCUT2D eigenvalue weighted by Crippen LogP contribution is -2.26. The molecule has 0 N–H and O–H groups in total. The third kappa shape index (κ3) is 2.93. The Balaban J connectivity index is 1.87. The maximum absolute atomic E-state index is 12.1. The minimum absolute atomic E-state index is 0.0210. The van der Waals surface area contributed by atoms with Crippen molar-refractivity contribution in [1.82, 2.24) is 4.98 Å². The third-order valence-corrected chi connectivity index (χ3v) is 3.61. The fourth-order valence-corrected chi connectivity index (χ4v) is 2.33. The third-order valence-electron chi connectivity index (χ3n) is 3.61. The molecule has 3 aromatic rings. The van der Waals surface area contributed by atoms with Gasteiger partial charge in [-0.3, -0.25) is 4.79 Å². The molecule has 22 heavy (non-hydrogen) atoms. The topological polar surface area (TPSA) is 33.8 Å². The number of carbonyl (C=O) groups excluding carboxylic acids is 1. The number of ketones is 1. The van der Waals surface area contributed by atoms with Crippen LogP contribution in [0.3, 0.4) is 0 Å². The van der Waals surface area contributed by atoms with Crippen molar-refractivity contribution >= 4 is 22.8 Å². The highest BCUT2D eigenvalue weighted by molar-refractivity contribution is 6.06. The standard InChI is InChI=1S/C19H17N2O/c1-14-4-3-5-16-6-7-17(20-19(14)16)8-9-18(22)15-10-12-21(2)13-11-15/h3-13H,1-2H3/q+1. The van der Waals surface area contributed by atoms with Crippen molar-refractivity contribution in [1.29, 1.82) is 0 Å². The zero-order valence-corrected chi connectivity index (χ0v) is 12.7. The van der Waals surface area contributed by atoms with Crippen LogP contribution in [0.25, 0.3) is 17.0 Å². The number of hydrogen-bond acceptors (Lipinski definition) is 2. The first-order valence-corrected chi connectivity index (χ1v) is 7.17. The molecular weight excluding hydrogens is 272 g/mol. The number of fused-ring (bicyclic) bond motifs is 1. The molecule has 0 fully saturated rings. The van der Waals surface area contributed by atoms with Crippen LogP contribution in [0.4, 0.5) is 0 Å². The number of para-hydroxylation sites is 1. The SMILES string of the molecule is Cc1cccc2ccc(C=CC(=O)c3cc[n+](C)cc3)nc12. The van der Waals surface area contributed by atoms with E-state index in [4.69, 9.17) is 0 Å². The zero-order chi connectivity index (χ0) is 15.5. The Labute approximate surface area is 129 Å². The number of pyridine rings is 2. The lowest BCUT2D eigenvalue weighted by Gasteiger charge is -2.02. The summed E-state index contributed by atoms with van der Waals surface area (Å²) >= 11 is 0. The van der Waals surface area contributed by atoms with Crippen molar-refractivity contribution in [3.05, 3.63) is 77.8 Å². The summed E-state index contributed by atoms with van der Waals surface area (Å²) in [5.74, 6) is -0.0210. The number of allylic oxidation sites excluding steroid dienone is 1. The van der Waals surface area contributed by atoms with E-state index in [1.807, 2.05) is 73.4 Å². The van der Waals surface area contributed by atoms with Gasteiger partial charge in [0.15, 0.2) is 18.2 Å². The number of nitrogens with zero attached hydrogens (tertiary/aromatic N) is 2. The Hall–Kier alpha value is -2.81. The molecule has 0 amide bonds. The highest BCUT2D eigenvalue weighted by Crippen LogP contribution is 2.17. The fourth-order valence-electron chi connectivity index (χ4n) is 2.33. The molecule has 0 aliphatic heterocycles. The van der Waals surface area contributed by atoms with Crippen molar-refractivity contribution in [2.45, 2.75) is 6.92 Å². The van der Waals surface area contributed by atoms with E-state index in [-0.39, 0.29) is 5.78 Å². The molecule has 0 aliphatic rings. The minimum atomic E-state index is -0.0210. The van der Waals surface area contributed by atoms with Crippen LogP contribution in [0.5, 0.6) is 0 Å². The summed E-state index contributed by atoms with van der Waals surface area (Å²) in [4.78, 5) is 16.7. The van der Waals surface area contributed by atoms with Crippen LogP contribution < -0.4 is 4.57 Å². The van der Waals surface area contributed by atoms with E-state index in [1.54, 1.807) is 12.2 Å². The summed E-state index contributed by atoms with van der Waals surface area (Å²) in [6, 6.07) is 13.7. The molecular formula is C19H17N2O+. The van der Waals surface area contributed by atoms with Crippen LogP contribution in [-0.2, 0) is 7.05 Å². The Morgan fingerprint density at radius 3 is 2.64 bits per heavy atom. The second-order valence-corrected chi connectivity index (χ2v) is 5.33. The van der Waals surface area contributed by atoms with Gasteiger partial charge in [0.25, 0.3) is 0 Å². The summed E-state index contributed by atoms with van der Waals surface area (Å²) < 4.78 is 1.90. The molecule has 3 heteroatoms. The first-order valence-electron chi connectivity index (χ1n) is 7.17. The van der Waals surface area contributed by atoms with Crippen molar-refractivity contribution < 1.29 is 9.36 Å². The Kier molecular flexibility index (Phi) is 3.79. The van der Waals surface area contributed by atoms with Gasteiger partial charge in [0.1, 0.15) is 7.05 Å². The lowest BCUT2D eigenvalue weighted by molar-refractivity contribution is -0.671. The number of carbonyl (C=O) groups is 1. The first-order chi connectivity index (χ1) is 10.6. The molecule has 2 heterocycles. The van der Waals surface area contributed by atoms with E-state index in [1.165, 1.54) is 0 Å². The van der Waals surface area contributed by atoms with Crippen molar-refractivity contribution in [2.75, 3.05) is 0 Å². The van der Waals surface area contributed by atoms with Crippen molar-refractivity contribution in [2.24, 2.45) is 7.05 Å².